The summed E-state index contributed by atoms with van der Waals surface area (Å²) in [6, 6.07) is 6.44. The number of aliphatic imine (C=N–C) groups is 1. The molecule has 0 bridgehead atoms. The Morgan fingerprint density at radius 2 is 1.83 bits per heavy atom. The first kappa shape index (κ1) is 23.1. The smallest absolute Gasteiger partial charge is 0.191 e. The molecule has 1 rings (SSSR count). The number of hydrogen-bond donors (Lipinski definition) is 2. The van der Waals surface area contributed by atoms with E-state index < -0.39 is 14.6 Å². The first-order valence-electron chi connectivity index (χ1n) is 7.57. The van der Waals surface area contributed by atoms with Crippen LogP contribution in [0.2, 0.25) is 0 Å². The number of rotatable bonds is 6. The highest BCUT2D eigenvalue weighted by molar-refractivity contribution is 14.0. The summed E-state index contributed by atoms with van der Waals surface area (Å²) in [5.74, 6) is 0.323. The Labute approximate surface area is 161 Å². The molecule has 0 aliphatic rings. The van der Waals surface area contributed by atoms with Crippen LogP contribution in [0.5, 0.6) is 0 Å². The summed E-state index contributed by atoms with van der Waals surface area (Å²) in [6.07, 6.45) is 0.652. The molecule has 5 nitrogen and oxygen atoms in total. The van der Waals surface area contributed by atoms with E-state index in [1.165, 1.54) is 12.1 Å². The van der Waals surface area contributed by atoms with Gasteiger partial charge >= 0.3 is 0 Å². The van der Waals surface area contributed by atoms with Gasteiger partial charge in [-0.05, 0) is 44.9 Å². The summed E-state index contributed by atoms with van der Waals surface area (Å²) >= 11 is 0. The van der Waals surface area contributed by atoms with E-state index in [0.29, 0.717) is 25.5 Å². The van der Waals surface area contributed by atoms with E-state index in [9.17, 15) is 12.8 Å². The van der Waals surface area contributed by atoms with Crippen molar-refractivity contribution in [1.82, 2.24) is 10.6 Å². The topological polar surface area (TPSA) is 70.6 Å². The molecule has 0 aromatic heterocycles. The normalized spacial score (nSPS) is 12.5. The van der Waals surface area contributed by atoms with Crippen molar-refractivity contribution in [1.29, 1.82) is 0 Å². The Bertz CT molecular complexity index is 643. The number of nitrogens with zero attached hydrogens (tertiary/aromatic N) is 1. The fraction of sp³-hybridized carbons (Fsp3) is 0.562. The van der Waals surface area contributed by atoms with E-state index in [1.807, 2.05) is 6.07 Å². The molecule has 0 atom stereocenters. The molecule has 0 spiro atoms. The van der Waals surface area contributed by atoms with Gasteiger partial charge in [0.05, 0.1) is 10.5 Å². The van der Waals surface area contributed by atoms with Gasteiger partial charge in [-0.25, -0.2) is 12.8 Å². The van der Waals surface area contributed by atoms with Crippen LogP contribution in [0.1, 0.15) is 26.3 Å². The predicted molar refractivity (Wildman–Crippen MR) is 108 cm³/mol. The highest BCUT2D eigenvalue weighted by Crippen LogP contribution is 2.15. The lowest BCUT2D eigenvalue weighted by molar-refractivity contribution is 0.559. The van der Waals surface area contributed by atoms with Gasteiger partial charge < -0.3 is 10.6 Å². The van der Waals surface area contributed by atoms with E-state index in [0.717, 1.165) is 5.56 Å². The molecule has 1 aromatic carbocycles. The minimum Gasteiger partial charge on any atom is -0.356 e. The summed E-state index contributed by atoms with van der Waals surface area (Å²) in [5, 5.41) is 6.06. The Kier molecular flexibility index (Phi) is 9.79. The zero-order chi connectivity index (χ0) is 17.5. The number of guanidine groups is 1. The van der Waals surface area contributed by atoms with E-state index in [2.05, 4.69) is 15.6 Å². The van der Waals surface area contributed by atoms with Crippen LogP contribution in [0.3, 0.4) is 0 Å². The Hall–Kier alpha value is -0.900. The van der Waals surface area contributed by atoms with Crippen LogP contribution in [-0.2, 0) is 16.3 Å². The third-order valence-electron chi connectivity index (χ3n) is 3.42. The summed E-state index contributed by atoms with van der Waals surface area (Å²) in [4.78, 5) is 4.04. The Morgan fingerprint density at radius 3 is 2.38 bits per heavy atom. The number of nitrogens with one attached hydrogen (secondary N) is 2. The molecule has 0 fully saturated rings. The van der Waals surface area contributed by atoms with Crippen molar-refractivity contribution < 1.29 is 12.8 Å². The highest BCUT2D eigenvalue weighted by atomic mass is 127. The Balaban J connectivity index is 0.00000529. The first-order valence-corrected chi connectivity index (χ1v) is 9.22. The van der Waals surface area contributed by atoms with Crippen molar-refractivity contribution in [3.05, 3.63) is 35.6 Å². The molecule has 0 saturated heterocycles. The van der Waals surface area contributed by atoms with Gasteiger partial charge in [-0.2, -0.15) is 0 Å². The lowest BCUT2D eigenvalue weighted by Gasteiger charge is -2.19. The van der Waals surface area contributed by atoms with Gasteiger partial charge in [-0.15, -0.1) is 24.0 Å². The summed E-state index contributed by atoms with van der Waals surface area (Å²) < 4.78 is 36.4. The minimum atomic E-state index is -3.16. The Morgan fingerprint density at radius 1 is 1.21 bits per heavy atom. The van der Waals surface area contributed by atoms with Crippen molar-refractivity contribution in [3.8, 4) is 0 Å². The van der Waals surface area contributed by atoms with Crippen molar-refractivity contribution in [2.45, 2.75) is 31.9 Å². The van der Waals surface area contributed by atoms with Crippen molar-refractivity contribution in [2.75, 3.05) is 25.9 Å². The molecule has 1 aromatic rings. The molecule has 0 aliphatic heterocycles. The number of hydrogen-bond acceptors (Lipinski definition) is 3. The molecule has 0 saturated carbocycles. The molecule has 24 heavy (non-hydrogen) atoms. The molecule has 0 amide bonds. The standard InChI is InChI=1S/C16H26FN3O2S.HI/c1-16(2,3)23(21,22)11-10-20-15(18-4)19-9-8-13-6-5-7-14(17)12-13;/h5-7,12H,8-11H2,1-4H3,(H2,18,19,20);1H. The molecule has 8 heteroatoms. The van der Waals surface area contributed by atoms with E-state index >= 15 is 0 Å². The largest absolute Gasteiger partial charge is 0.356 e. The fourth-order valence-corrected chi connectivity index (χ4v) is 2.83. The second-order valence-electron chi connectivity index (χ2n) is 6.24. The van der Waals surface area contributed by atoms with Crippen LogP contribution in [0.25, 0.3) is 0 Å². The first-order chi connectivity index (χ1) is 10.7. The minimum absolute atomic E-state index is 0. The summed E-state index contributed by atoms with van der Waals surface area (Å²) in [5.41, 5.74) is 0.892. The van der Waals surface area contributed by atoms with Gasteiger partial charge in [-0.3, -0.25) is 4.99 Å². The summed E-state index contributed by atoms with van der Waals surface area (Å²) in [6.45, 7) is 5.94. The average molecular weight is 471 g/mol. The third kappa shape index (κ3) is 7.78. The number of benzene rings is 1. The zero-order valence-electron chi connectivity index (χ0n) is 14.6. The van der Waals surface area contributed by atoms with Crippen LogP contribution in [0, 0.1) is 5.82 Å². The van der Waals surface area contributed by atoms with Crippen LogP contribution < -0.4 is 10.6 Å². The molecule has 0 unspecified atom stereocenters. The van der Waals surface area contributed by atoms with Gasteiger partial charge in [0.2, 0.25) is 0 Å². The molecular weight excluding hydrogens is 444 g/mol. The van der Waals surface area contributed by atoms with Crippen LogP contribution in [0.4, 0.5) is 4.39 Å². The second kappa shape index (κ2) is 10.2. The highest BCUT2D eigenvalue weighted by Gasteiger charge is 2.28. The number of halogens is 2. The molecule has 0 aliphatic carbocycles. The average Bonchev–Trinajstić information content (AvgIpc) is 2.44. The van der Waals surface area contributed by atoms with E-state index in [4.69, 9.17) is 0 Å². The zero-order valence-corrected chi connectivity index (χ0v) is 17.7. The fourth-order valence-electron chi connectivity index (χ4n) is 1.85. The number of sulfone groups is 1. The molecule has 2 N–H and O–H groups in total. The van der Waals surface area contributed by atoms with Crippen LogP contribution >= 0.6 is 24.0 Å². The quantitative estimate of drug-likeness (QED) is 0.380. The van der Waals surface area contributed by atoms with Crippen LogP contribution in [-0.4, -0.2) is 45.0 Å². The molecular formula is C16H27FIN3O2S. The van der Waals surface area contributed by atoms with Crippen LogP contribution in [0.15, 0.2) is 29.3 Å². The van der Waals surface area contributed by atoms with Gasteiger partial charge in [0.1, 0.15) is 5.82 Å². The maximum absolute atomic E-state index is 13.1. The molecule has 0 heterocycles. The van der Waals surface area contributed by atoms with Crippen molar-refractivity contribution in [2.24, 2.45) is 4.99 Å². The van der Waals surface area contributed by atoms with Gasteiger partial charge in [0, 0.05) is 20.1 Å². The summed E-state index contributed by atoms with van der Waals surface area (Å²) in [7, 11) is -1.54. The van der Waals surface area contributed by atoms with E-state index in [1.54, 1.807) is 33.9 Å². The molecule has 0 radical (unpaired) electrons. The van der Waals surface area contributed by atoms with Gasteiger partial charge in [0.15, 0.2) is 15.8 Å². The predicted octanol–water partition coefficient (Wildman–Crippen LogP) is 2.36. The van der Waals surface area contributed by atoms with Crippen molar-refractivity contribution in [3.63, 3.8) is 0 Å². The monoisotopic (exact) mass is 471 g/mol. The maximum atomic E-state index is 13.1. The van der Waals surface area contributed by atoms with Gasteiger partial charge in [0.25, 0.3) is 0 Å². The van der Waals surface area contributed by atoms with Gasteiger partial charge in [-0.1, -0.05) is 12.1 Å². The SMILES string of the molecule is CN=C(NCCc1cccc(F)c1)NCCS(=O)(=O)C(C)(C)C.I. The van der Waals surface area contributed by atoms with E-state index in [-0.39, 0.29) is 35.5 Å². The maximum Gasteiger partial charge on any atom is 0.191 e. The molecule has 138 valence electrons. The lowest BCUT2D eigenvalue weighted by Crippen LogP contribution is -2.42. The lowest BCUT2D eigenvalue weighted by atomic mass is 10.1. The second-order valence-corrected chi connectivity index (χ2v) is 9.10. The third-order valence-corrected chi connectivity index (χ3v) is 6.02. The van der Waals surface area contributed by atoms with Crippen molar-refractivity contribution >= 4 is 39.8 Å².